The maximum Gasteiger partial charge on any atom is 0.194 e. The zero-order valence-corrected chi connectivity index (χ0v) is 10.5. The number of carbonyl (C=O) groups is 1. The van der Waals surface area contributed by atoms with Gasteiger partial charge in [-0.25, -0.2) is 0 Å². The van der Waals surface area contributed by atoms with Gasteiger partial charge in [-0.05, 0) is 13.0 Å². The quantitative estimate of drug-likeness (QED) is 0.661. The molecule has 0 radical (unpaired) electrons. The number of hydrogen-bond acceptors (Lipinski definition) is 3. The van der Waals surface area contributed by atoms with Crippen molar-refractivity contribution >= 4 is 18.0 Å². The molecule has 2 rings (SSSR count). The number of hydrogen-bond donors (Lipinski definition) is 1. The average molecular weight is 254 g/mol. The number of nitrogens with zero attached hydrogens (tertiary/aromatic N) is 1. The van der Waals surface area contributed by atoms with Crippen molar-refractivity contribution in [3.05, 3.63) is 63.4 Å². The van der Waals surface area contributed by atoms with E-state index in [1.807, 2.05) is 12.1 Å². The number of pyridine rings is 1. The van der Waals surface area contributed by atoms with Crippen molar-refractivity contribution in [2.75, 3.05) is 0 Å². The summed E-state index contributed by atoms with van der Waals surface area (Å²) < 4.78 is 0.361. The highest BCUT2D eigenvalue weighted by Crippen LogP contribution is 2.14. The van der Waals surface area contributed by atoms with Crippen LogP contribution in [0.25, 0.3) is 0 Å². The van der Waals surface area contributed by atoms with Gasteiger partial charge >= 0.3 is 0 Å². The summed E-state index contributed by atoms with van der Waals surface area (Å²) in [6.07, 6.45) is 0. The van der Waals surface area contributed by atoms with Crippen molar-refractivity contribution in [2.45, 2.75) is 6.92 Å². The smallest absolute Gasteiger partial charge is 0.194 e. The minimum atomic E-state index is -0.115. The summed E-state index contributed by atoms with van der Waals surface area (Å²) >= 11 is 5.01. The van der Waals surface area contributed by atoms with E-state index in [0.717, 1.165) is 0 Å². The fraction of sp³-hybridized carbons (Fsp3) is 0.0714. The van der Waals surface area contributed by atoms with Gasteiger partial charge in [-0.15, -0.1) is 0 Å². The fourth-order valence-electron chi connectivity index (χ4n) is 1.69. The van der Waals surface area contributed by atoms with Crippen molar-refractivity contribution < 1.29 is 4.79 Å². The second-order valence-electron chi connectivity index (χ2n) is 3.86. The van der Waals surface area contributed by atoms with Crippen LogP contribution in [0.3, 0.4) is 0 Å². The second-order valence-corrected chi connectivity index (χ2v) is 4.27. The van der Waals surface area contributed by atoms with Crippen molar-refractivity contribution in [1.29, 1.82) is 5.26 Å². The highest BCUT2D eigenvalue weighted by atomic mass is 32.1. The Morgan fingerprint density at radius 3 is 2.61 bits per heavy atom. The molecule has 0 saturated heterocycles. The molecule has 1 aromatic heterocycles. The van der Waals surface area contributed by atoms with E-state index in [0.29, 0.717) is 27.0 Å². The van der Waals surface area contributed by atoms with Crippen LogP contribution in [0.15, 0.2) is 36.4 Å². The number of carbonyl (C=O) groups excluding carboxylic acids is 1. The zero-order chi connectivity index (χ0) is 13.1. The molecule has 2 aromatic rings. The number of aromatic amines is 1. The normalized spacial score (nSPS) is 9.78. The van der Waals surface area contributed by atoms with E-state index in [1.165, 1.54) is 0 Å². The molecule has 4 heteroatoms. The summed E-state index contributed by atoms with van der Waals surface area (Å²) in [7, 11) is 0. The Bertz CT molecular complexity index is 696. The minimum Gasteiger partial charge on any atom is -0.349 e. The Labute approximate surface area is 110 Å². The Kier molecular flexibility index (Phi) is 3.35. The SMILES string of the molecule is Cc1[nH]c(=S)c(C#N)cc1C(=O)c1ccccc1. The summed E-state index contributed by atoms with van der Waals surface area (Å²) in [5, 5.41) is 8.94. The number of ketones is 1. The van der Waals surface area contributed by atoms with Crippen LogP contribution in [0.5, 0.6) is 0 Å². The van der Waals surface area contributed by atoms with Crippen LogP contribution in [0.1, 0.15) is 27.2 Å². The Morgan fingerprint density at radius 2 is 2.00 bits per heavy atom. The lowest BCUT2D eigenvalue weighted by Gasteiger charge is -2.06. The molecule has 18 heavy (non-hydrogen) atoms. The van der Waals surface area contributed by atoms with Crippen LogP contribution in [0, 0.1) is 22.9 Å². The molecule has 0 amide bonds. The molecule has 0 fully saturated rings. The standard InChI is InChI=1S/C14H10N2OS/c1-9-12(7-11(8-15)14(18)16-9)13(17)10-5-3-2-4-6-10/h2-7H,1H3,(H,16,18). The first-order chi connectivity index (χ1) is 8.63. The zero-order valence-electron chi connectivity index (χ0n) is 9.73. The summed E-state index contributed by atoms with van der Waals surface area (Å²) in [6, 6.07) is 12.5. The first-order valence-corrected chi connectivity index (χ1v) is 5.78. The summed E-state index contributed by atoms with van der Waals surface area (Å²) in [5.74, 6) is -0.115. The monoisotopic (exact) mass is 254 g/mol. The molecule has 1 aromatic carbocycles. The average Bonchev–Trinajstić information content (AvgIpc) is 2.39. The van der Waals surface area contributed by atoms with Crippen LogP contribution >= 0.6 is 12.2 Å². The van der Waals surface area contributed by atoms with Gasteiger partial charge in [0.25, 0.3) is 0 Å². The van der Waals surface area contributed by atoms with Crippen molar-refractivity contribution in [1.82, 2.24) is 4.98 Å². The molecule has 0 bridgehead atoms. The molecule has 1 N–H and O–H groups in total. The molecular weight excluding hydrogens is 244 g/mol. The van der Waals surface area contributed by atoms with Gasteiger partial charge in [0.2, 0.25) is 0 Å². The van der Waals surface area contributed by atoms with Gasteiger partial charge in [0.05, 0.1) is 5.56 Å². The van der Waals surface area contributed by atoms with Crippen LogP contribution in [0.2, 0.25) is 0 Å². The summed E-state index contributed by atoms with van der Waals surface area (Å²) in [6.45, 7) is 1.77. The van der Waals surface area contributed by atoms with Crippen LogP contribution in [-0.4, -0.2) is 10.8 Å². The molecule has 0 unspecified atom stereocenters. The first kappa shape index (κ1) is 12.2. The lowest BCUT2D eigenvalue weighted by Crippen LogP contribution is -2.06. The van der Waals surface area contributed by atoms with Crippen LogP contribution in [0.4, 0.5) is 0 Å². The number of rotatable bonds is 2. The Balaban J connectivity index is 2.56. The molecule has 0 atom stereocenters. The maximum absolute atomic E-state index is 12.3. The van der Waals surface area contributed by atoms with Gasteiger partial charge in [-0.1, -0.05) is 42.5 Å². The molecule has 0 aliphatic carbocycles. The second kappa shape index (κ2) is 4.94. The van der Waals surface area contributed by atoms with Gasteiger partial charge < -0.3 is 4.98 Å². The Morgan fingerprint density at radius 1 is 1.33 bits per heavy atom. The first-order valence-electron chi connectivity index (χ1n) is 5.37. The minimum absolute atomic E-state index is 0.115. The molecule has 0 spiro atoms. The predicted octanol–water partition coefficient (Wildman–Crippen LogP) is 3.16. The number of aryl methyl sites for hydroxylation is 1. The highest BCUT2D eigenvalue weighted by Gasteiger charge is 2.13. The van der Waals surface area contributed by atoms with E-state index in [4.69, 9.17) is 17.5 Å². The van der Waals surface area contributed by atoms with Gasteiger partial charge in [-0.3, -0.25) is 4.79 Å². The predicted molar refractivity (Wildman–Crippen MR) is 71.0 cm³/mol. The molecule has 0 aliphatic heterocycles. The van der Waals surface area contributed by atoms with Crippen LogP contribution < -0.4 is 0 Å². The van der Waals surface area contributed by atoms with Gasteiger partial charge in [-0.2, -0.15) is 5.26 Å². The van der Waals surface area contributed by atoms with E-state index in [2.05, 4.69) is 4.98 Å². The topological polar surface area (TPSA) is 56.6 Å². The Hall–Kier alpha value is -2.25. The molecule has 0 saturated carbocycles. The number of H-pyrrole nitrogens is 1. The molecule has 0 aliphatic rings. The van der Waals surface area contributed by atoms with E-state index < -0.39 is 0 Å². The van der Waals surface area contributed by atoms with E-state index in [9.17, 15) is 4.79 Å². The largest absolute Gasteiger partial charge is 0.349 e. The number of nitriles is 1. The summed E-state index contributed by atoms with van der Waals surface area (Å²) in [4.78, 5) is 15.2. The lowest BCUT2D eigenvalue weighted by atomic mass is 10.0. The number of aromatic nitrogens is 1. The van der Waals surface area contributed by atoms with Gasteiger partial charge in [0, 0.05) is 16.8 Å². The van der Waals surface area contributed by atoms with E-state index >= 15 is 0 Å². The highest BCUT2D eigenvalue weighted by molar-refractivity contribution is 7.71. The van der Waals surface area contributed by atoms with Gasteiger partial charge in [0.1, 0.15) is 10.7 Å². The third kappa shape index (κ3) is 2.22. The van der Waals surface area contributed by atoms with Gasteiger partial charge in [0.15, 0.2) is 5.78 Å². The third-order valence-electron chi connectivity index (χ3n) is 2.64. The fourth-order valence-corrected chi connectivity index (χ4v) is 1.94. The van der Waals surface area contributed by atoms with Crippen LogP contribution in [-0.2, 0) is 0 Å². The molecular formula is C14H10N2OS. The summed E-state index contributed by atoms with van der Waals surface area (Å²) in [5.41, 5.74) is 2.06. The van der Waals surface area contributed by atoms with Crippen molar-refractivity contribution in [3.8, 4) is 6.07 Å². The maximum atomic E-state index is 12.3. The van der Waals surface area contributed by atoms with E-state index in [-0.39, 0.29) is 5.78 Å². The molecule has 1 heterocycles. The van der Waals surface area contributed by atoms with E-state index in [1.54, 1.807) is 37.3 Å². The number of nitrogens with one attached hydrogen (secondary N) is 1. The van der Waals surface area contributed by atoms with Crippen molar-refractivity contribution in [3.63, 3.8) is 0 Å². The molecule has 3 nitrogen and oxygen atoms in total. The number of benzene rings is 1. The third-order valence-corrected chi connectivity index (χ3v) is 2.96. The van der Waals surface area contributed by atoms with Crippen molar-refractivity contribution in [2.24, 2.45) is 0 Å². The lowest BCUT2D eigenvalue weighted by molar-refractivity contribution is 0.103. The molecule has 88 valence electrons.